The second kappa shape index (κ2) is 6.28. The third-order valence-corrected chi connectivity index (χ3v) is 3.64. The zero-order chi connectivity index (χ0) is 17.3. The molecule has 5 nitrogen and oxygen atoms in total. The molecular weight excluding hydrogens is 302 g/mol. The number of nitrogens with zero attached hydrogens (tertiary/aromatic N) is 2. The van der Waals surface area contributed by atoms with E-state index < -0.39 is 0 Å². The number of Topliss-reactive ketones (excluding diaryl/α,β-unsaturated/α-hetero) is 1. The molecule has 0 atom stereocenters. The monoisotopic (exact) mass is 321 g/mol. The van der Waals surface area contributed by atoms with Crippen molar-refractivity contribution >= 4 is 22.5 Å². The molecule has 0 aliphatic heterocycles. The van der Waals surface area contributed by atoms with E-state index in [0.29, 0.717) is 22.3 Å². The Morgan fingerprint density at radius 2 is 2.00 bits per heavy atom. The van der Waals surface area contributed by atoms with Crippen molar-refractivity contribution in [3.05, 3.63) is 48.2 Å². The van der Waals surface area contributed by atoms with Crippen LogP contribution in [-0.2, 0) is 0 Å². The van der Waals surface area contributed by atoms with Crippen molar-refractivity contribution in [2.75, 3.05) is 5.73 Å². The fourth-order valence-electron chi connectivity index (χ4n) is 2.58. The van der Waals surface area contributed by atoms with Gasteiger partial charge in [0.05, 0.1) is 11.8 Å². The number of hydrogen-bond donors (Lipinski definition) is 1. The molecule has 0 aliphatic carbocycles. The second-order valence-electron chi connectivity index (χ2n) is 5.90. The maximum atomic E-state index is 11.7. The Labute approximate surface area is 140 Å². The van der Waals surface area contributed by atoms with Crippen LogP contribution in [-0.4, -0.2) is 21.9 Å². The molecule has 3 aromatic rings. The van der Waals surface area contributed by atoms with Crippen molar-refractivity contribution in [2.45, 2.75) is 26.9 Å². The number of nitrogen functional groups attached to an aromatic ring is 1. The van der Waals surface area contributed by atoms with E-state index in [1.165, 1.54) is 13.1 Å². The molecule has 1 aromatic carbocycles. The minimum absolute atomic E-state index is 0.0608. The van der Waals surface area contributed by atoms with E-state index in [4.69, 9.17) is 10.5 Å². The Bertz CT molecular complexity index is 920. The largest absolute Gasteiger partial charge is 0.491 e. The van der Waals surface area contributed by atoms with Gasteiger partial charge in [-0.05, 0) is 45.0 Å². The smallest absolute Gasteiger partial charge is 0.162 e. The van der Waals surface area contributed by atoms with E-state index >= 15 is 0 Å². The highest BCUT2D eigenvalue weighted by molar-refractivity contribution is 6.08. The van der Waals surface area contributed by atoms with Crippen molar-refractivity contribution < 1.29 is 9.53 Å². The maximum Gasteiger partial charge on any atom is 0.162 e. The normalized spacial score (nSPS) is 11.0. The molecule has 0 spiro atoms. The van der Waals surface area contributed by atoms with Crippen LogP contribution in [0.25, 0.3) is 22.2 Å². The second-order valence-corrected chi connectivity index (χ2v) is 5.90. The molecular formula is C19H19N3O2. The highest BCUT2D eigenvalue weighted by atomic mass is 16.5. The van der Waals surface area contributed by atoms with Crippen LogP contribution in [0.15, 0.2) is 42.6 Å². The Balaban J connectivity index is 2.12. The molecule has 0 saturated carbocycles. The summed E-state index contributed by atoms with van der Waals surface area (Å²) in [4.78, 5) is 20.5. The van der Waals surface area contributed by atoms with Gasteiger partial charge >= 0.3 is 0 Å². The summed E-state index contributed by atoms with van der Waals surface area (Å²) in [5, 5.41) is 0.716. The number of anilines is 1. The Morgan fingerprint density at radius 1 is 1.21 bits per heavy atom. The molecule has 0 unspecified atom stereocenters. The van der Waals surface area contributed by atoms with Gasteiger partial charge in [-0.2, -0.15) is 0 Å². The first-order valence-electron chi connectivity index (χ1n) is 7.79. The molecule has 0 aliphatic rings. The topological polar surface area (TPSA) is 78.1 Å². The molecule has 2 aromatic heterocycles. The van der Waals surface area contributed by atoms with E-state index in [1.54, 1.807) is 0 Å². The van der Waals surface area contributed by atoms with E-state index in [0.717, 1.165) is 17.0 Å². The maximum absolute atomic E-state index is 11.7. The molecule has 2 N–H and O–H groups in total. The van der Waals surface area contributed by atoms with Gasteiger partial charge in [0.2, 0.25) is 0 Å². The average molecular weight is 321 g/mol. The fourth-order valence-corrected chi connectivity index (χ4v) is 2.58. The van der Waals surface area contributed by atoms with Crippen LogP contribution in [0, 0.1) is 0 Å². The summed E-state index contributed by atoms with van der Waals surface area (Å²) in [6, 6.07) is 11.5. The van der Waals surface area contributed by atoms with E-state index in [9.17, 15) is 4.79 Å². The van der Waals surface area contributed by atoms with Crippen LogP contribution in [0.2, 0.25) is 0 Å². The number of pyridine rings is 2. The number of hydrogen-bond acceptors (Lipinski definition) is 5. The average Bonchev–Trinajstić information content (AvgIpc) is 2.54. The Morgan fingerprint density at radius 3 is 2.71 bits per heavy atom. The predicted molar refractivity (Wildman–Crippen MR) is 95.2 cm³/mol. The van der Waals surface area contributed by atoms with Crippen LogP contribution < -0.4 is 10.5 Å². The summed E-state index contributed by atoms with van der Waals surface area (Å²) in [7, 11) is 0. The number of carbonyl (C=O) groups excluding carboxylic acids is 1. The van der Waals surface area contributed by atoms with Gasteiger partial charge in [-0.25, -0.2) is 9.97 Å². The summed E-state index contributed by atoms with van der Waals surface area (Å²) >= 11 is 0. The van der Waals surface area contributed by atoms with E-state index in [2.05, 4.69) is 9.97 Å². The molecule has 0 amide bonds. The molecule has 122 valence electrons. The van der Waals surface area contributed by atoms with Gasteiger partial charge in [-0.15, -0.1) is 0 Å². The van der Waals surface area contributed by atoms with Gasteiger partial charge < -0.3 is 10.5 Å². The van der Waals surface area contributed by atoms with Gasteiger partial charge in [-0.3, -0.25) is 4.79 Å². The lowest BCUT2D eigenvalue weighted by atomic mass is 10.1. The van der Waals surface area contributed by atoms with Gasteiger partial charge in [0.25, 0.3) is 0 Å². The molecule has 5 heteroatoms. The van der Waals surface area contributed by atoms with E-state index in [-0.39, 0.29) is 11.9 Å². The molecule has 0 saturated heterocycles. The van der Waals surface area contributed by atoms with Gasteiger partial charge in [-0.1, -0.05) is 12.1 Å². The van der Waals surface area contributed by atoms with Crippen LogP contribution in [0.1, 0.15) is 31.1 Å². The minimum atomic E-state index is -0.0608. The highest BCUT2D eigenvalue weighted by Gasteiger charge is 2.12. The summed E-state index contributed by atoms with van der Waals surface area (Å²) in [5.41, 5.74) is 8.69. The number of nitrogens with two attached hydrogens (primary N) is 1. The third kappa shape index (κ3) is 3.06. The van der Waals surface area contributed by atoms with Gasteiger partial charge in [0.1, 0.15) is 17.1 Å². The number of benzene rings is 1. The summed E-state index contributed by atoms with van der Waals surface area (Å²) in [5.74, 6) is 1.04. The van der Waals surface area contributed by atoms with Crippen LogP contribution in [0.5, 0.6) is 5.75 Å². The third-order valence-electron chi connectivity index (χ3n) is 3.64. The number of ketones is 1. The Kier molecular flexibility index (Phi) is 4.16. The number of rotatable bonds is 4. The summed E-state index contributed by atoms with van der Waals surface area (Å²) in [6.45, 7) is 5.47. The zero-order valence-electron chi connectivity index (χ0n) is 13.9. The lowest BCUT2D eigenvalue weighted by Gasteiger charge is -2.11. The van der Waals surface area contributed by atoms with Crippen molar-refractivity contribution in [3.63, 3.8) is 0 Å². The first-order valence-corrected chi connectivity index (χ1v) is 7.79. The predicted octanol–water partition coefficient (Wildman–Crippen LogP) is 3.87. The molecule has 24 heavy (non-hydrogen) atoms. The van der Waals surface area contributed by atoms with Crippen molar-refractivity contribution in [1.82, 2.24) is 9.97 Å². The van der Waals surface area contributed by atoms with Crippen LogP contribution in [0.3, 0.4) is 0 Å². The minimum Gasteiger partial charge on any atom is -0.491 e. The first kappa shape index (κ1) is 15.9. The number of ether oxygens (including phenoxy) is 1. The lowest BCUT2D eigenvalue weighted by Crippen LogP contribution is -2.05. The molecule has 3 rings (SSSR count). The van der Waals surface area contributed by atoms with Gasteiger partial charge in [0.15, 0.2) is 5.78 Å². The molecule has 0 radical (unpaired) electrons. The Hall–Kier alpha value is -2.95. The summed E-state index contributed by atoms with van der Waals surface area (Å²) < 4.78 is 5.73. The summed E-state index contributed by atoms with van der Waals surface area (Å²) in [6.07, 6.45) is 1.60. The first-order chi connectivity index (χ1) is 11.5. The van der Waals surface area contributed by atoms with Crippen LogP contribution >= 0.6 is 0 Å². The van der Waals surface area contributed by atoms with Crippen LogP contribution in [0.4, 0.5) is 5.82 Å². The fraction of sp³-hybridized carbons (Fsp3) is 0.211. The zero-order valence-corrected chi connectivity index (χ0v) is 13.9. The van der Waals surface area contributed by atoms with Crippen molar-refractivity contribution in [1.29, 1.82) is 0 Å². The SMILES string of the molecule is CC(=O)c1cnc(N)c2nc(-c3cccc(OC(C)C)c3)ccc12. The standard InChI is InChI=1S/C19H19N3O2/c1-11(2)24-14-6-4-5-13(9-14)17-8-7-15-16(12(3)23)10-21-19(20)18(15)22-17/h4-11H,1-3H3,(H2,20,21). The quantitative estimate of drug-likeness (QED) is 0.738. The van der Waals surface area contributed by atoms with Crippen molar-refractivity contribution in [2.24, 2.45) is 0 Å². The number of aromatic nitrogens is 2. The van der Waals surface area contributed by atoms with Crippen molar-refractivity contribution in [3.8, 4) is 17.0 Å². The molecule has 0 fully saturated rings. The molecule has 2 heterocycles. The van der Waals surface area contributed by atoms with E-state index in [1.807, 2.05) is 50.2 Å². The lowest BCUT2D eigenvalue weighted by molar-refractivity contribution is 0.101. The highest BCUT2D eigenvalue weighted by Crippen LogP contribution is 2.28. The molecule has 0 bridgehead atoms. The number of carbonyl (C=O) groups is 1. The van der Waals surface area contributed by atoms with Gasteiger partial charge in [0, 0.05) is 22.7 Å². The number of fused-ring (bicyclic) bond motifs is 1.